The van der Waals surface area contributed by atoms with Crippen molar-refractivity contribution in [1.82, 2.24) is 20.2 Å². The van der Waals surface area contributed by atoms with Crippen LogP contribution in [0.3, 0.4) is 0 Å². The van der Waals surface area contributed by atoms with Gasteiger partial charge in [-0.15, -0.1) is 0 Å². The second kappa shape index (κ2) is 12.0. The number of alkyl halides is 6. The Morgan fingerprint density at radius 3 is 2.35 bits per heavy atom. The number of fused-ring (bicyclic) bond motifs is 3. The number of ether oxygens (including phenoxy) is 2. The minimum absolute atomic E-state index is 0.0496. The Morgan fingerprint density at radius 1 is 0.958 bits per heavy atom. The van der Waals surface area contributed by atoms with Gasteiger partial charge < -0.3 is 25.4 Å². The van der Waals surface area contributed by atoms with Crippen LogP contribution in [0.2, 0.25) is 0 Å². The van der Waals surface area contributed by atoms with Crippen molar-refractivity contribution in [1.29, 1.82) is 0 Å². The molecule has 8 rings (SSSR count). The van der Waals surface area contributed by atoms with Crippen molar-refractivity contribution in [2.75, 3.05) is 44.0 Å². The van der Waals surface area contributed by atoms with E-state index in [1.165, 1.54) is 13.4 Å². The number of morpholine rings is 1. The molecule has 4 bridgehead atoms. The number of hydrogen-bond acceptors (Lipinski definition) is 8. The largest absolute Gasteiger partial charge is 0.480 e. The molecule has 1 saturated heterocycles. The molecule has 16 heteroatoms. The highest BCUT2D eigenvalue weighted by atomic mass is 19.4. The third-order valence-corrected chi connectivity index (χ3v) is 11.0. The Morgan fingerprint density at radius 2 is 1.67 bits per heavy atom. The molecule has 2 amide bonds. The molecule has 3 N–H and O–H groups in total. The Kier molecular flexibility index (Phi) is 8.24. The number of halogens is 6. The highest BCUT2D eigenvalue weighted by Gasteiger charge is 2.58. The van der Waals surface area contributed by atoms with Crippen LogP contribution in [0.1, 0.15) is 60.0 Å². The van der Waals surface area contributed by atoms with Gasteiger partial charge in [0.15, 0.2) is 0 Å². The van der Waals surface area contributed by atoms with E-state index in [0.29, 0.717) is 56.0 Å². The molecular formula is C32H36F6N6O4. The van der Waals surface area contributed by atoms with Crippen LogP contribution in [-0.4, -0.2) is 77.7 Å². The number of amides is 2. The number of carbonyl (C=O) groups is 2. The monoisotopic (exact) mass is 682 g/mol. The minimum Gasteiger partial charge on any atom is -0.480 e. The molecule has 0 spiro atoms. The summed E-state index contributed by atoms with van der Waals surface area (Å²) in [6.07, 6.45) is -4.44. The van der Waals surface area contributed by atoms with Gasteiger partial charge in [-0.25, -0.2) is 9.97 Å². The Hall–Kier alpha value is -3.66. The van der Waals surface area contributed by atoms with Crippen LogP contribution in [0.5, 0.6) is 5.88 Å². The van der Waals surface area contributed by atoms with Crippen molar-refractivity contribution in [3.05, 3.63) is 41.2 Å². The summed E-state index contributed by atoms with van der Waals surface area (Å²) in [5.74, 6) is -1.39. The third-order valence-electron chi connectivity index (χ3n) is 11.0. The maximum Gasteiger partial charge on any atom is 0.417 e. The molecule has 5 saturated carbocycles. The summed E-state index contributed by atoms with van der Waals surface area (Å²) >= 11 is 0. The molecule has 6 fully saturated rings. The fraction of sp³-hybridized carbons (Fsp3) is 0.625. The van der Waals surface area contributed by atoms with E-state index in [-0.39, 0.29) is 28.8 Å². The summed E-state index contributed by atoms with van der Waals surface area (Å²) in [6, 6.07) is 1.15. The molecular weight excluding hydrogens is 646 g/mol. The van der Waals surface area contributed by atoms with Gasteiger partial charge in [0.25, 0.3) is 5.91 Å². The van der Waals surface area contributed by atoms with Gasteiger partial charge in [0, 0.05) is 36.4 Å². The van der Waals surface area contributed by atoms with Gasteiger partial charge in [0.1, 0.15) is 17.7 Å². The van der Waals surface area contributed by atoms with Gasteiger partial charge in [0.05, 0.1) is 37.4 Å². The molecule has 1 aliphatic heterocycles. The van der Waals surface area contributed by atoms with E-state index in [1.807, 2.05) is 0 Å². The van der Waals surface area contributed by atoms with Crippen molar-refractivity contribution in [2.24, 2.45) is 23.7 Å². The molecule has 48 heavy (non-hydrogen) atoms. The van der Waals surface area contributed by atoms with Crippen molar-refractivity contribution in [2.45, 2.75) is 68.5 Å². The molecule has 260 valence electrons. The van der Waals surface area contributed by atoms with Crippen LogP contribution in [0.25, 0.3) is 0 Å². The average molecular weight is 683 g/mol. The number of rotatable bonds is 8. The summed E-state index contributed by atoms with van der Waals surface area (Å²) < 4.78 is 91.5. The van der Waals surface area contributed by atoms with Crippen LogP contribution in [-0.2, 0) is 21.9 Å². The molecule has 10 nitrogen and oxygen atoms in total. The highest BCUT2D eigenvalue weighted by Crippen LogP contribution is 2.56. The summed E-state index contributed by atoms with van der Waals surface area (Å²) in [4.78, 5) is 38.6. The summed E-state index contributed by atoms with van der Waals surface area (Å²) in [5.41, 5.74) is -4.30. The molecule has 2 aromatic rings. The number of anilines is 2. The summed E-state index contributed by atoms with van der Waals surface area (Å²) in [7, 11) is 1.39. The number of nitrogens with one attached hydrogen (secondary N) is 3. The minimum atomic E-state index is -5.29. The van der Waals surface area contributed by atoms with E-state index in [9.17, 15) is 35.9 Å². The fourth-order valence-corrected chi connectivity index (χ4v) is 8.94. The van der Waals surface area contributed by atoms with Gasteiger partial charge >= 0.3 is 12.4 Å². The lowest BCUT2D eigenvalue weighted by atomic mass is 9.76. The predicted molar refractivity (Wildman–Crippen MR) is 159 cm³/mol. The van der Waals surface area contributed by atoms with Crippen molar-refractivity contribution in [3.8, 4) is 5.88 Å². The number of methoxy groups -OCH3 is 1. The van der Waals surface area contributed by atoms with Gasteiger partial charge in [0.2, 0.25) is 11.8 Å². The topological polar surface area (TPSA) is 118 Å². The standard InChI is InChI=1S/C32H36F6N6O4/c1-47-29-24(26(39-15-40-29)43-30-12-18(13-30)22(14-30)44-6-8-48-9-7-44)28(46)42-25-17-3-2-16(10-17)23(25)27(45)41-19-4-5-20(31(33,34)35)21(11-19)32(36,37)38/h4-5,11,15-18,22-23,25H,2-3,6-10,12-14H2,1H3,(H,41,45)(H,42,46)(H,39,40,43)/t16-,17+,18?,22-,23+,25-,30?/m1/s1. The van der Waals surface area contributed by atoms with Crippen molar-refractivity contribution < 1.29 is 45.4 Å². The van der Waals surface area contributed by atoms with Crippen LogP contribution in [0.15, 0.2) is 24.5 Å². The number of aromatic nitrogens is 2. The van der Waals surface area contributed by atoms with Crippen LogP contribution < -0.4 is 20.7 Å². The number of nitrogens with zero attached hydrogens (tertiary/aromatic N) is 3. The van der Waals surface area contributed by atoms with Gasteiger partial charge in [-0.1, -0.05) is 0 Å². The average Bonchev–Trinajstić information content (AvgIpc) is 3.80. The maximum absolute atomic E-state index is 14.0. The quantitative estimate of drug-likeness (QED) is 0.335. The van der Waals surface area contributed by atoms with E-state index < -0.39 is 52.9 Å². The van der Waals surface area contributed by atoms with Gasteiger partial charge in [-0.2, -0.15) is 26.3 Å². The van der Waals surface area contributed by atoms with Crippen LogP contribution >= 0.6 is 0 Å². The van der Waals surface area contributed by atoms with Crippen LogP contribution in [0.4, 0.5) is 37.8 Å². The predicted octanol–water partition coefficient (Wildman–Crippen LogP) is 4.97. The summed E-state index contributed by atoms with van der Waals surface area (Å²) in [6.45, 7) is 3.18. The molecule has 2 heterocycles. The number of carbonyl (C=O) groups excluding carboxylic acids is 2. The zero-order valence-electron chi connectivity index (χ0n) is 26.1. The van der Waals surface area contributed by atoms with Gasteiger partial charge in [-0.05, 0) is 74.5 Å². The number of benzene rings is 1. The highest BCUT2D eigenvalue weighted by molar-refractivity contribution is 6.02. The fourth-order valence-electron chi connectivity index (χ4n) is 8.94. The van der Waals surface area contributed by atoms with Gasteiger partial charge in [-0.3, -0.25) is 14.5 Å². The first-order valence-electron chi connectivity index (χ1n) is 16.2. The van der Waals surface area contributed by atoms with E-state index in [1.54, 1.807) is 0 Å². The Bertz CT molecular complexity index is 1580. The number of hydrogen-bond donors (Lipinski definition) is 3. The first-order chi connectivity index (χ1) is 22.8. The lowest BCUT2D eigenvalue weighted by Gasteiger charge is -2.40. The molecule has 6 aliphatic rings. The summed E-state index contributed by atoms with van der Waals surface area (Å²) in [5, 5.41) is 8.91. The molecule has 0 radical (unpaired) electrons. The van der Waals surface area contributed by atoms with E-state index in [4.69, 9.17) is 9.47 Å². The second-order valence-corrected chi connectivity index (χ2v) is 13.7. The maximum atomic E-state index is 14.0. The smallest absolute Gasteiger partial charge is 0.417 e. The second-order valence-electron chi connectivity index (χ2n) is 13.7. The zero-order valence-corrected chi connectivity index (χ0v) is 26.1. The first kappa shape index (κ1) is 32.9. The molecule has 0 unspecified atom stereocenters. The van der Waals surface area contributed by atoms with E-state index in [2.05, 4.69) is 30.8 Å². The lowest BCUT2D eigenvalue weighted by molar-refractivity contribution is -0.162. The van der Waals surface area contributed by atoms with Crippen molar-refractivity contribution in [3.63, 3.8) is 0 Å². The zero-order chi connectivity index (χ0) is 34.0. The SMILES string of the molecule is COc1ncnc(NC23CC(C2)[C@H](N2CCOCC2)C3)c1C(=O)N[C@@H]1[C@H]2CC[C@H](C2)[C@@H]1C(=O)Nc1ccc(C(F)(F)F)c(C(F)(F)F)c1. The normalized spacial score (nSPS) is 31.3. The molecule has 1 aromatic carbocycles. The van der Waals surface area contributed by atoms with E-state index >= 15 is 0 Å². The van der Waals surface area contributed by atoms with Crippen molar-refractivity contribution >= 4 is 23.3 Å². The van der Waals surface area contributed by atoms with E-state index in [0.717, 1.165) is 44.8 Å². The molecule has 1 aromatic heterocycles. The Balaban J connectivity index is 1.09. The first-order valence-corrected chi connectivity index (χ1v) is 16.2. The van der Waals surface area contributed by atoms with Crippen LogP contribution in [0, 0.1) is 23.7 Å². The third kappa shape index (κ3) is 5.94. The molecule has 5 aliphatic carbocycles. The Labute approximate surface area is 272 Å². The lowest BCUT2D eigenvalue weighted by Crippen LogP contribution is -2.49. The molecule has 5 atom stereocenters.